The van der Waals surface area contributed by atoms with Gasteiger partial charge >= 0.3 is 0 Å². The second-order valence-corrected chi connectivity index (χ2v) is 4.20. The highest BCUT2D eigenvalue weighted by Crippen LogP contribution is 2.24. The Labute approximate surface area is 78.4 Å². The molecular formula is C7H3ClNS2-. The van der Waals surface area contributed by atoms with Crippen molar-refractivity contribution in [3.05, 3.63) is 23.2 Å². The summed E-state index contributed by atoms with van der Waals surface area (Å²) in [5.74, 6) is 0. The van der Waals surface area contributed by atoms with Crippen LogP contribution in [0, 0.1) is 0 Å². The number of halogens is 1. The van der Waals surface area contributed by atoms with Crippen LogP contribution in [0.3, 0.4) is 0 Å². The van der Waals surface area contributed by atoms with Gasteiger partial charge in [-0.2, -0.15) is 0 Å². The van der Waals surface area contributed by atoms with Gasteiger partial charge in [0.25, 0.3) is 0 Å². The predicted molar refractivity (Wildman–Crippen MR) is 50.3 cm³/mol. The third-order valence-electron chi connectivity index (χ3n) is 1.33. The Balaban J connectivity index is 2.82. The van der Waals surface area contributed by atoms with E-state index in [9.17, 15) is 0 Å². The summed E-state index contributed by atoms with van der Waals surface area (Å²) in [4.78, 5) is 4.13. The van der Waals surface area contributed by atoms with Crippen molar-refractivity contribution in [1.82, 2.24) is 4.98 Å². The second kappa shape index (κ2) is 2.59. The van der Waals surface area contributed by atoms with E-state index in [0.29, 0.717) is 4.34 Å². The lowest BCUT2D eigenvalue weighted by molar-refractivity contribution is 1.31. The molecule has 0 saturated heterocycles. The summed E-state index contributed by atoms with van der Waals surface area (Å²) in [6, 6.07) is 5.58. The van der Waals surface area contributed by atoms with Crippen molar-refractivity contribution < 1.29 is 0 Å². The zero-order chi connectivity index (χ0) is 7.84. The molecule has 1 heterocycles. The van der Waals surface area contributed by atoms with E-state index >= 15 is 0 Å². The van der Waals surface area contributed by atoms with Crippen molar-refractivity contribution in [3.63, 3.8) is 0 Å². The van der Waals surface area contributed by atoms with Gasteiger partial charge in [0.05, 0.1) is 5.52 Å². The Morgan fingerprint density at radius 3 is 3.09 bits per heavy atom. The topological polar surface area (TPSA) is 12.9 Å². The summed E-state index contributed by atoms with van der Waals surface area (Å²) in [7, 11) is 0. The van der Waals surface area contributed by atoms with Gasteiger partial charge in [-0.15, -0.1) is 0 Å². The van der Waals surface area contributed by atoms with Gasteiger partial charge in [0, 0.05) is 5.02 Å². The minimum Gasteiger partial charge on any atom is -0.408 e. The van der Waals surface area contributed by atoms with Crippen molar-refractivity contribution in [1.29, 1.82) is 0 Å². The fourth-order valence-electron chi connectivity index (χ4n) is 0.877. The van der Waals surface area contributed by atoms with E-state index in [1.54, 1.807) is 0 Å². The number of thiazole rings is 1. The second-order valence-electron chi connectivity index (χ2n) is 2.09. The Hall–Kier alpha value is -0.380. The van der Waals surface area contributed by atoms with Crippen LogP contribution in [0.1, 0.15) is 0 Å². The van der Waals surface area contributed by atoms with Crippen molar-refractivity contribution in [2.75, 3.05) is 0 Å². The lowest BCUT2D eigenvalue weighted by Crippen LogP contribution is -1.66. The molecule has 1 aromatic heterocycles. The largest absolute Gasteiger partial charge is 0.408 e. The molecule has 0 atom stereocenters. The van der Waals surface area contributed by atoms with Crippen LogP contribution in [0.15, 0.2) is 22.5 Å². The number of benzene rings is 1. The maximum atomic E-state index is 5.77. The molecule has 0 radical (unpaired) electrons. The summed E-state index contributed by atoms with van der Waals surface area (Å²) < 4.78 is 1.73. The average molecular weight is 201 g/mol. The van der Waals surface area contributed by atoms with E-state index in [1.165, 1.54) is 11.3 Å². The first-order chi connectivity index (χ1) is 5.25. The molecule has 0 aliphatic carbocycles. The molecule has 0 aliphatic heterocycles. The fraction of sp³-hybridized carbons (Fsp3) is 0. The lowest BCUT2D eigenvalue weighted by atomic mass is 10.3. The monoisotopic (exact) mass is 200 g/mol. The third kappa shape index (κ3) is 1.31. The predicted octanol–water partition coefficient (Wildman–Crippen LogP) is 2.86. The van der Waals surface area contributed by atoms with Crippen LogP contribution in [-0.4, -0.2) is 4.98 Å². The van der Waals surface area contributed by atoms with Gasteiger partial charge in [-0.25, -0.2) is 0 Å². The Kier molecular flexibility index (Phi) is 1.71. The van der Waals surface area contributed by atoms with Crippen molar-refractivity contribution >= 4 is 45.8 Å². The minimum absolute atomic E-state index is 0.669. The van der Waals surface area contributed by atoms with E-state index in [4.69, 9.17) is 24.2 Å². The van der Waals surface area contributed by atoms with Gasteiger partial charge in [-0.1, -0.05) is 11.6 Å². The smallest absolute Gasteiger partial charge is 0.0601 e. The Morgan fingerprint density at radius 2 is 2.27 bits per heavy atom. The van der Waals surface area contributed by atoms with Crippen molar-refractivity contribution in [3.8, 4) is 0 Å². The highest BCUT2D eigenvalue weighted by molar-refractivity contribution is 7.63. The minimum atomic E-state index is 0.669. The summed E-state index contributed by atoms with van der Waals surface area (Å²) >= 11 is 12.2. The lowest BCUT2D eigenvalue weighted by Gasteiger charge is -1.90. The maximum Gasteiger partial charge on any atom is 0.0601 e. The molecule has 0 N–H and O–H groups in total. The van der Waals surface area contributed by atoms with Gasteiger partial charge in [-0.05, 0) is 27.2 Å². The first-order valence-electron chi connectivity index (χ1n) is 2.99. The van der Waals surface area contributed by atoms with Crippen molar-refractivity contribution in [2.24, 2.45) is 0 Å². The summed E-state index contributed by atoms with van der Waals surface area (Å²) in [5, 5.41) is 0.733. The van der Waals surface area contributed by atoms with Gasteiger partial charge in [0.15, 0.2) is 0 Å². The van der Waals surface area contributed by atoms with Crippen LogP contribution in [-0.2, 0) is 12.6 Å². The fourth-order valence-corrected chi connectivity index (χ4v) is 2.22. The number of hydrogen-bond donors (Lipinski definition) is 0. The summed E-state index contributed by atoms with van der Waals surface area (Å²) in [6.45, 7) is 0. The number of nitrogens with zero attached hydrogens (tertiary/aromatic N) is 1. The number of aromatic nitrogens is 1. The van der Waals surface area contributed by atoms with Gasteiger partial charge < -0.3 is 24.0 Å². The molecule has 0 saturated carbocycles. The zero-order valence-electron chi connectivity index (χ0n) is 5.37. The van der Waals surface area contributed by atoms with Crippen LogP contribution in [0.5, 0.6) is 0 Å². The van der Waals surface area contributed by atoms with Crippen LogP contribution in [0.4, 0.5) is 0 Å². The molecule has 0 unspecified atom stereocenters. The van der Waals surface area contributed by atoms with Crippen LogP contribution in [0.25, 0.3) is 10.2 Å². The first-order valence-corrected chi connectivity index (χ1v) is 4.59. The number of fused-ring (bicyclic) bond motifs is 1. The standard InChI is InChI=1S/C7H4ClNS2/c8-4-1-2-5-6(3-4)11-7(10)9-5/h1-3H,(H,9,10)/p-1. The molecule has 1 aromatic carbocycles. The molecular weight excluding hydrogens is 198 g/mol. The third-order valence-corrected chi connectivity index (χ3v) is 2.72. The average Bonchev–Trinajstić information content (AvgIpc) is 2.27. The molecule has 11 heavy (non-hydrogen) atoms. The van der Waals surface area contributed by atoms with E-state index < -0.39 is 0 Å². The summed E-state index contributed by atoms with van der Waals surface area (Å²) in [6.07, 6.45) is 0. The SMILES string of the molecule is [S-]c1nc2ccc(Cl)cc2s1. The van der Waals surface area contributed by atoms with E-state index in [-0.39, 0.29) is 0 Å². The van der Waals surface area contributed by atoms with Gasteiger partial charge in [0.1, 0.15) is 0 Å². The molecule has 0 spiro atoms. The highest BCUT2D eigenvalue weighted by atomic mass is 35.5. The quantitative estimate of drug-likeness (QED) is 0.607. The molecule has 0 aliphatic rings. The summed E-state index contributed by atoms with van der Waals surface area (Å²) in [5.41, 5.74) is 0.935. The Bertz CT molecular complexity index is 396. The maximum absolute atomic E-state index is 5.77. The van der Waals surface area contributed by atoms with Crippen LogP contribution in [0.2, 0.25) is 5.02 Å². The van der Waals surface area contributed by atoms with E-state index in [0.717, 1.165) is 15.2 Å². The molecule has 1 nitrogen and oxygen atoms in total. The zero-order valence-corrected chi connectivity index (χ0v) is 7.76. The Morgan fingerprint density at radius 1 is 1.45 bits per heavy atom. The molecule has 2 rings (SSSR count). The van der Waals surface area contributed by atoms with Crippen molar-refractivity contribution in [2.45, 2.75) is 4.34 Å². The van der Waals surface area contributed by atoms with E-state index in [1.807, 2.05) is 18.2 Å². The molecule has 56 valence electrons. The first kappa shape index (κ1) is 7.28. The van der Waals surface area contributed by atoms with Crippen LogP contribution >= 0.6 is 22.9 Å². The molecule has 0 bridgehead atoms. The molecule has 0 fully saturated rings. The van der Waals surface area contributed by atoms with Gasteiger partial charge in [-0.3, -0.25) is 4.98 Å². The number of hydrogen-bond acceptors (Lipinski definition) is 3. The van der Waals surface area contributed by atoms with Crippen LogP contribution < -0.4 is 0 Å². The van der Waals surface area contributed by atoms with E-state index in [2.05, 4.69) is 4.98 Å². The highest BCUT2D eigenvalue weighted by Gasteiger charge is 1.92. The number of rotatable bonds is 0. The van der Waals surface area contributed by atoms with Gasteiger partial charge in [0.2, 0.25) is 0 Å². The molecule has 2 aromatic rings. The molecule has 4 heteroatoms. The molecule has 0 amide bonds. The normalized spacial score (nSPS) is 10.6.